The average Bonchev–Trinajstić information content (AvgIpc) is 2.92. The van der Waals surface area contributed by atoms with E-state index in [0.29, 0.717) is 24.5 Å². The molecule has 1 aromatic heterocycles. The number of benzene rings is 1. The predicted molar refractivity (Wildman–Crippen MR) is 86.8 cm³/mol. The number of rotatable bonds is 7. The second-order valence-corrected chi connectivity index (χ2v) is 5.77. The van der Waals surface area contributed by atoms with Gasteiger partial charge in [-0.2, -0.15) is 0 Å². The molecule has 5 nitrogen and oxygen atoms in total. The molecule has 1 amide bonds. The fourth-order valence-corrected chi connectivity index (χ4v) is 2.86. The molecule has 6 heteroatoms. The second kappa shape index (κ2) is 7.79. The highest BCUT2D eigenvalue weighted by Crippen LogP contribution is 2.27. The summed E-state index contributed by atoms with van der Waals surface area (Å²) >= 11 is 1.51. The van der Waals surface area contributed by atoms with Gasteiger partial charge in [0.15, 0.2) is 11.5 Å². The smallest absolute Gasteiger partial charge is 0.225 e. The van der Waals surface area contributed by atoms with Crippen molar-refractivity contribution in [3.63, 3.8) is 0 Å². The number of ether oxygens (including phenoxy) is 2. The number of aryl methyl sites for hydroxylation is 1. The van der Waals surface area contributed by atoms with E-state index in [4.69, 9.17) is 9.47 Å². The number of nitrogens with zero attached hydrogens (tertiary/aromatic N) is 1. The van der Waals surface area contributed by atoms with Crippen molar-refractivity contribution in [2.75, 3.05) is 20.8 Å². The second-order valence-electron chi connectivity index (χ2n) is 4.83. The van der Waals surface area contributed by atoms with Gasteiger partial charge in [0.25, 0.3) is 0 Å². The molecule has 0 aliphatic rings. The summed E-state index contributed by atoms with van der Waals surface area (Å²) in [5.41, 5.74) is 3.79. The van der Waals surface area contributed by atoms with Gasteiger partial charge < -0.3 is 14.8 Å². The molecule has 1 heterocycles. The Hall–Kier alpha value is -2.08. The van der Waals surface area contributed by atoms with Crippen molar-refractivity contribution in [3.8, 4) is 11.5 Å². The molecule has 0 bridgehead atoms. The molecular formula is C16H20N2O3S. The summed E-state index contributed by atoms with van der Waals surface area (Å²) in [6.07, 6.45) is 1.14. The van der Waals surface area contributed by atoms with Crippen LogP contribution in [0.2, 0.25) is 0 Å². The van der Waals surface area contributed by atoms with Crippen LogP contribution in [0, 0.1) is 6.92 Å². The first-order chi connectivity index (χ1) is 10.6. The van der Waals surface area contributed by atoms with Crippen molar-refractivity contribution in [2.45, 2.75) is 19.8 Å². The highest BCUT2D eigenvalue weighted by Gasteiger charge is 2.08. The zero-order valence-corrected chi connectivity index (χ0v) is 13.8. The van der Waals surface area contributed by atoms with E-state index in [9.17, 15) is 4.79 Å². The molecular weight excluding hydrogens is 300 g/mol. The number of hydrogen-bond donors (Lipinski definition) is 1. The third-order valence-electron chi connectivity index (χ3n) is 3.35. The molecule has 0 fully saturated rings. The lowest BCUT2D eigenvalue weighted by Crippen LogP contribution is -2.27. The first-order valence-corrected chi connectivity index (χ1v) is 7.88. The van der Waals surface area contributed by atoms with Gasteiger partial charge in [-0.15, -0.1) is 11.3 Å². The van der Waals surface area contributed by atoms with Gasteiger partial charge in [-0.3, -0.25) is 4.79 Å². The summed E-state index contributed by atoms with van der Waals surface area (Å²) in [4.78, 5) is 17.1. The standard InChI is InChI=1S/C16H20N2O3S/c1-11-15(22-10-18-11)9-16(19)17-7-6-12-4-5-13(20-2)14(8-12)21-3/h4-5,8,10H,6-7,9H2,1-3H3,(H,17,19). The van der Waals surface area contributed by atoms with Crippen LogP contribution in [0.5, 0.6) is 11.5 Å². The summed E-state index contributed by atoms with van der Waals surface area (Å²) in [5, 5.41) is 2.93. The van der Waals surface area contributed by atoms with Crippen LogP contribution in [-0.4, -0.2) is 31.7 Å². The summed E-state index contributed by atoms with van der Waals surface area (Å²) in [6.45, 7) is 2.51. The third-order valence-corrected chi connectivity index (χ3v) is 4.28. The van der Waals surface area contributed by atoms with Gasteiger partial charge in [0.1, 0.15) is 0 Å². The van der Waals surface area contributed by atoms with Crippen LogP contribution in [-0.2, 0) is 17.6 Å². The molecule has 0 spiro atoms. The van der Waals surface area contributed by atoms with Crippen molar-refractivity contribution in [3.05, 3.63) is 39.8 Å². The Bertz CT molecular complexity index is 640. The van der Waals surface area contributed by atoms with Crippen molar-refractivity contribution in [1.82, 2.24) is 10.3 Å². The topological polar surface area (TPSA) is 60.5 Å². The van der Waals surface area contributed by atoms with Gasteiger partial charge >= 0.3 is 0 Å². The van der Waals surface area contributed by atoms with E-state index < -0.39 is 0 Å². The molecule has 0 saturated heterocycles. The van der Waals surface area contributed by atoms with Crippen LogP contribution < -0.4 is 14.8 Å². The minimum atomic E-state index is 0.0211. The van der Waals surface area contributed by atoms with E-state index >= 15 is 0 Å². The molecule has 0 aliphatic heterocycles. The molecule has 2 aromatic rings. The summed E-state index contributed by atoms with van der Waals surface area (Å²) < 4.78 is 10.5. The molecule has 1 aromatic carbocycles. The van der Waals surface area contributed by atoms with E-state index in [1.165, 1.54) is 11.3 Å². The minimum Gasteiger partial charge on any atom is -0.493 e. The fraction of sp³-hybridized carbons (Fsp3) is 0.375. The number of carbonyl (C=O) groups is 1. The van der Waals surface area contributed by atoms with Gasteiger partial charge in [0.05, 0.1) is 31.8 Å². The Labute approximate surface area is 134 Å². The molecule has 0 aliphatic carbocycles. The Balaban J connectivity index is 1.83. The van der Waals surface area contributed by atoms with E-state index in [-0.39, 0.29) is 5.91 Å². The van der Waals surface area contributed by atoms with Crippen molar-refractivity contribution in [1.29, 1.82) is 0 Å². The SMILES string of the molecule is COc1ccc(CCNC(=O)Cc2scnc2C)cc1OC. The number of methoxy groups -OCH3 is 2. The average molecular weight is 320 g/mol. The van der Waals surface area contributed by atoms with Crippen LogP contribution in [0.15, 0.2) is 23.7 Å². The van der Waals surface area contributed by atoms with Gasteiger partial charge in [0, 0.05) is 11.4 Å². The number of thiazole rings is 1. The van der Waals surface area contributed by atoms with Crippen LogP contribution in [0.1, 0.15) is 16.1 Å². The van der Waals surface area contributed by atoms with Crippen LogP contribution in [0.4, 0.5) is 0 Å². The maximum atomic E-state index is 11.9. The lowest BCUT2D eigenvalue weighted by Gasteiger charge is -2.10. The number of aromatic nitrogens is 1. The molecule has 2 rings (SSSR count). The highest BCUT2D eigenvalue weighted by molar-refractivity contribution is 7.09. The number of amides is 1. The summed E-state index contributed by atoms with van der Waals surface area (Å²) in [6, 6.07) is 5.77. The molecule has 0 atom stereocenters. The maximum absolute atomic E-state index is 11.9. The minimum absolute atomic E-state index is 0.0211. The Morgan fingerprint density at radius 2 is 2.05 bits per heavy atom. The number of carbonyl (C=O) groups excluding carboxylic acids is 1. The molecule has 0 saturated carbocycles. The zero-order valence-electron chi connectivity index (χ0n) is 13.0. The largest absolute Gasteiger partial charge is 0.493 e. The lowest BCUT2D eigenvalue weighted by molar-refractivity contribution is -0.120. The first-order valence-electron chi connectivity index (χ1n) is 7.00. The van der Waals surface area contributed by atoms with Crippen LogP contribution in [0.25, 0.3) is 0 Å². The first kappa shape index (κ1) is 16.3. The normalized spacial score (nSPS) is 10.3. The van der Waals surface area contributed by atoms with Crippen LogP contribution in [0.3, 0.4) is 0 Å². The van der Waals surface area contributed by atoms with Crippen molar-refractivity contribution in [2.24, 2.45) is 0 Å². The van der Waals surface area contributed by atoms with Crippen molar-refractivity contribution >= 4 is 17.2 Å². The summed E-state index contributed by atoms with van der Waals surface area (Å²) in [7, 11) is 3.22. The Kier molecular flexibility index (Phi) is 5.77. The quantitative estimate of drug-likeness (QED) is 0.851. The Morgan fingerprint density at radius 1 is 1.27 bits per heavy atom. The fourth-order valence-electron chi connectivity index (χ4n) is 2.09. The van der Waals surface area contributed by atoms with Gasteiger partial charge in [-0.25, -0.2) is 4.98 Å². The van der Waals surface area contributed by atoms with Crippen molar-refractivity contribution < 1.29 is 14.3 Å². The predicted octanol–water partition coefficient (Wildman–Crippen LogP) is 2.37. The summed E-state index contributed by atoms with van der Waals surface area (Å²) in [5.74, 6) is 1.43. The molecule has 118 valence electrons. The monoisotopic (exact) mass is 320 g/mol. The maximum Gasteiger partial charge on any atom is 0.225 e. The number of hydrogen-bond acceptors (Lipinski definition) is 5. The lowest BCUT2D eigenvalue weighted by atomic mass is 10.1. The molecule has 0 unspecified atom stereocenters. The van der Waals surface area contributed by atoms with E-state index in [1.54, 1.807) is 19.7 Å². The van der Waals surface area contributed by atoms with Gasteiger partial charge in [-0.1, -0.05) is 6.07 Å². The molecule has 1 N–H and O–H groups in total. The van der Waals surface area contributed by atoms with Gasteiger partial charge in [0.2, 0.25) is 5.91 Å². The highest BCUT2D eigenvalue weighted by atomic mass is 32.1. The van der Waals surface area contributed by atoms with Crippen LogP contribution >= 0.6 is 11.3 Å². The molecule has 0 radical (unpaired) electrons. The van der Waals surface area contributed by atoms with E-state index in [2.05, 4.69) is 10.3 Å². The molecule has 22 heavy (non-hydrogen) atoms. The zero-order chi connectivity index (χ0) is 15.9. The third kappa shape index (κ3) is 4.21. The van der Waals surface area contributed by atoms with E-state index in [0.717, 1.165) is 22.6 Å². The van der Waals surface area contributed by atoms with E-state index in [1.807, 2.05) is 25.1 Å². The number of nitrogens with one attached hydrogen (secondary N) is 1. The Morgan fingerprint density at radius 3 is 2.68 bits per heavy atom. The van der Waals surface area contributed by atoms with Gasteiger partial charge in [-0.05, 0) is 31.0 Å².